The van der Waals surface area contributed by atoms with E-state index in [9.17, 15) is 4.79 Å². The van der Waals surface area contributed by atoms with Crippen LogP contribution in [-0.2, 0) is 0 Å². The van der Waals surface area contributed by atoms with Gasteiger partial charge in [-0.1, -0.05) is 24.3 Å². The van der Waals surface area contributed by atoms with Gasteiger partial charge in [-0.2, -0.15) is 0 Å². The number of nitrogens with zero attached hydrogens (tertiary/aromatic N) is 1. The van der Waals surface area contributed by atoms with E-state index >= 15 is 0 Å². The topological polar surface area (TPSA) is 81.0 Å². The number of hydrogen-bond donors (Lipinski definition) is 2. The molecule has 0 saturated carbocycles. The number of ether oxygens (including phenoxy) is 1. The lowest BCUT2D eigenvalue weighted by molar-refractivity contribution is 0.488. The molecular weight excluding hydrogens is 290 g/mol. The molecule has 0 aliphatic heterocycles. The molecule has 0 amide bonds. The Morgan fingerprint density at radius 1 is 1.00 bits per heavy atom. The van der Waals surface area contributed by atoms with Gasteiger partial charge in [-0.15, -0.1) is 0 Å². The minimum Gasteiger partial charge on any atom is -0.456 e. The molecule has 0 aliphatic carbocycles. The lowest BCUT2D eigenvalue weighted by atomic mass is 10.1. The molecule has 0 unspecified atom stereocenters. The van der Waals surface area contributed by atoms with Gasteiger partial charge in [0, 0.05) is 28.7 Å². The molecule has 4 aromatic rings. The molecule has 23 heavy (non-hydrogen) atoms. The van der Waals surface area contributed by atoms with E-state index in [1.54, 1.807) is 30.5 Å². The lowest BCUT2D eigenvalue weighted by Crippen LogP contribution is -2.07. The highest BCUT2D eigenvalue weighted by Gasteiger charge is 2.11. The summed E-state index contributed by atoms with van der Waals surface area (Å²) in [4.78, 5) is 19.2. The molecule has 5 nitrogen and oxygen atoms in total. The van der Waals surface area contributed by atoms with Crippen molar-refractivity contribution in [1.29, 1.82) is 0 Å². The van der Waals surface area contributed by atoms with Crippen LogP contribution in [0.25, 0.3) is 21.8 Å². The van der Waals surface area contributed by atoms with Crippen LogP contribution in [0.15, 0.2) is 65.6 Å². The number of aromatic amines is 1. The van der Waals surface area contributed by atoms with E-state index in [2.05, 4.69) is 9.97 Å². The van der Waals surface area contributed by atoms with Crippen LogP contribution >= 0.6 is 0 Å². The van der Waals surface area contributed by atoms with E-state index in [1.807, 2.05) is 30.3 Å². The number of anilines is 1. The smallest absolute Gasteiger partial charge is 0.257 e. The summed E-state index contributed by atoms with van der Waals surface area (Å²) in [6.45, 7) is 0. The lowest BCUT2D eigenvalue weighted by Gasteiger charge is -2.10. The first-order chi connectivity index (χ1) is 11.2. The first-order valence-corrected chi connectivity index (χ1v) is 7.15. The number of benzene rings is 2. The third-order valence-electron chi connectivity index (χ3n) is 3.67. The summed E-state index contributed by atoms with van der Waals surface area (Å²) in [6.07, 6.45) is 1.61. The van der Waals surface area contributed by atoms with Gasteiger partial charge in [0.05, 0.1) is 5.39 Å². The van der Waals surface area contributed by atoms with Crippen molar-refractivity contribution in [3.8, 4) is 11.5 Å². The van der Waals surface area contributed by atoms with Crippen LogP contribution in [0.1, 0.15) is 0 Å². The van der Waals surface area contributed by atoms with Crippen LogP contribution in [0.5, 0.6) is 11.5 Å². The van der Waals surface area contributed by atoms with Gasteiger partial charge in [0.2, 0.25) is 0 Å². The molecule has 0 aliphatic rings. The zero-order valence-corrected chi connectivity index (χ0v) is 12.1. The molecule has 0 bridgehead atoms. The molecule has 4 rings (SSSR count). The van der Waals surface area contributed by atoms with Crippen molar-refractivity contribution < 1.29 is 4.74 Å². The highest BCUT2D eigenvalue weighted by Crippen LogP contribution is 2.32. The fraction of sp³-hybridized carbons (Fsp3) is 0. The van der Waals surface area contributed by atoms with Crippen LogP contribution < -0.4 is 16.0 Å². The predicted molar refractivity (Wildman–Crippen MR) is 90.8 cm³/mol. The third-order valence-corrected chi connectivity index (χ3v) is 3.67. The number of H-pyrrole nitrogens is 1. The molecule has 2 heterocycles. The zero-order valence-electron chi connectivity index (χ0n) is 12.1. The number of nitrogens with two attached hydrogens (primary N) is 1. The Morgan fingerprint density at radius 3 is 2.65 bits per heavy atom. The molecule has 5 heteroatoms. The molecule has 2 aromatic carbocycles. The van der Waals surface area contributed by atoms with Crippen LogP contribution in [0, 0.1) is 0 Å². The molecule has 0 spiro atoms. The molecule has 0 atom stereocenters. The number of rotatable bonds is 2. The number of pyridine rings is 2. The van der Waals surface area contributed by atoms with Crippen LogP contribution in [0.4, 0.5) is 5.69 Å². The second kappa shape index (κ2) is 5.14. The summed E-state index contributed by atoms with van der Waals surface area (Å²) in [7, 11) is 0. The monoisotopic (exact) mass is 303 g/mol. The van der Waals surface area contributed by atoms with Crippen molar-refractivity contribution in [2.24, 2.45) is 0 Å². The fourth-order valence-electron chi connectivity index (χ4n) is 2.66. The van der Waals surface area contributed by atoms with Gasteiger partial charge in [-0.05, 0) is 24.3 Å². The Labute approximate surface area is 131 Å². The van der Waals surface area contributed by atoms with Gasteiger partial charge in [-0.3, -0.25) is 4.79 Å². The highest BCUT2D eigenvalue weighted by molar-refractivity contribution is 6.07. The Morgan fingerprint density at radius 2 is 1.83 bits per heavy atom. The molecule has 2 aromatic heterocycles. The highest BCUT2D eigenvalue weighted by atomic mass is 16.5. The van der Waals surface area contributed by atoms with Crippen molar-refractivity contribution in [2.45, 2.75) is 0 Å². The summed E-state index contributed by atoms with van der Waals surface area (Å²) in [5.41, 5.74) is 6.75. The number of aromatic nitrogens is 2. The van der Waals surface area contributed by atoms with E-state index in [0.29, 0.717) is 28.2 Å². The zero-order chi connectivity index (χ0) is 15.8. The Kier molecular flexibility index (Phi) is 2.98. The van der Waals surface area contributed by atoms with Crippen LogP contribution in [-0.4, -0.2) is 9.97 Å². The number of nitrogen functional groups attached to an aromatic ring is 1. The minimum absolute atomic E-state index is 0.165. The quantitative estimate of drug-likeness (QED) is 0.439. The SMILES string of the molecule is Nc1cccc(Oc2ccnc3[nH]c(=O)c4ccccc4c23)c1. The van der Waals surface area contributed by atoms with E-state index in [-0.39, 0.29) is 5.56 Å². The van der Waals surface area contributed by atoms with E-state index < -0.39 is 0 Å². The molecule has 112 valence electrons. The maximum Gasteiger partial charge on any atom is 0.257 e. The van der Waals surface area contributed by atoms with E-state index in [1.165, 1.54) is 0 Å². The molecular formula is C18H13N3O2. The summed E-state index contributed by atoms with van der Waals surface area (Å²) in [5.74, 6) is 1.25. The van der Waals surface area contributed by atoms with Crippen molar-refractivity contribution in [3.05, 3.63) is 71.1 Å². The third kappa shape index (κ3) is 2.28. The summed E-state index contributed by atoms with van der Waals surface area (Å²) in [5, 5.41) is 2.17. The summed E-state index contributed by atoms with van der Waals surface area (Å²) < 4.78 is 5.98. The predicted octanol–water partition coefficient (Wildman–Crippen LogP) is 3.45. The first-order valence-electron chi connectivity index (χ1n) is 7.15. The van der Waals surface area contributed by atoms with Crippen LogP contribution in [0.3, 0.4) is 0 Å². The Balaban J connectivity index is 2.00. The average Bonchev–Trinajstić information content (AvgIpc) is 2.55. The average molecular weight is 303 g/mol. The van der Waals surface area contributed by atoms with Gasteiger partial charge in [0.25, 0.3) is 5.56 Å². The van der Waals surface area contributed by atoms with Gasteiger partial charge in [-0.25, -0.2) is 4.98 Å². The van der Waals surface area contributed by atoms with Gasteiger partial charge >= 0.3 is 0 Å². The van der Waals surface area contributed by atoms with Gasteiger partial charge in [0.1, 0.15) is 17.1 Å². The fourth-order valence-corrected chi connectivity index (χ4v) is 2.66. The van der Waals surface area contributed by atoms with E-state index in [4.69, 9.17) is 10.5 Å². The molecule has 0 radical (unpaired) electrons. The van der Waals surface area contributed by atoms with Crippen molar-refractivity contribution >= 4 is 27.5 Å². The number of fused-ring (bicyclic) bond motifs is 3. The van der Waals surface area contributed by atoms with E-state index in [0.717, 1.165) is 10.8 Å². The Hall–Kier alpha value is -3.34. The number of nitrogens with one attached hydrogen (secondary N) is 1. The molecule has 0 fully saturated rings. The molecule has 3 N–H and O–H groups in total. The largest absolute Gasteiger partial charge is 0.456 e. The normalized spacial score (nSPS) is 11.0. The number of hydrogen-bond acceptors (Lipinski definition) is 4. The standard InChI is InChI=1S/C18H13N3O2/c19-11-4-3-5-12(10-11)23-15-8-9-20-17-16(15)13-6-1-2-7-14(13)18(22)21-17/h1-10H,19H2,(H,20,21,22). The second-order valence-electron chi connectivity index (χ2n) is 5.21. The maximum atomic E-state index is 12.2. The van der Waals surface area contributed by atoms with Crippen molar-refractivity contribution in [1.82, 2.24) is 9.97 Å². The maximum absolute atomic E-state index is 12.2. The van der Waals surface area contributed by atoms with Crippen molar-refractivity contribution in [2.75, 3.05) is 5.73 Å². The minimum atomic E-state index is -0.165. The summed E-state index contributed by atoms with van der Waals surface area (Å²) >= 11 is 0. The molecule has 0 saturated heterocycles. The summed E-state index contributed by atoms with van der Waals surface area (Å²) in [6, 6.07) is 16.4. The van der Waals surface area contributed by atoms with Gasteiger partial charge < -0.3 is 15.5 Å². The Bertz CT molecular complexity index is 1090. The second-order valence-corrected chi connectivity index (χ2v) is 5.21. The van der Waals surface area contributed by atoms with Crippen molar-refractivity contribution in [3.63, 3.8) is 0 Å². The first kappa shape index (κ1) is 13.3. The van der Waals surface area contributed by atoms with Gasteiger partial charge in [0.15, 0.2) is 0 Å². The van der Waals surface area contributed by atoms with Crippen LogP contribution in [0.2, 0.25) is 0 Å².